The fraction of sp³-hybridized carbons (Fsp3) is 0.556. The Labute approximate surface area is 82.5 Å². The number of Topliss-reactive ketones (excluding diaryl/α,β-unsaturated/α-hetero) is 1. The zero-order chi connectivity index (χ0) is 9.68. The summed E-state index contributed by atoms with van der Waals surface area (Å²) >= 11 is 1.50. The first-order valence-corrected chi connectivity index (χ1v) is 5.34. The summed E-state index contributed by atoms with van der Waals surface area (Å²) in [5.74, 6) is 0.842. The second-order valence-corrected chi connectivity index (χ2v) is 3.84. The number of thioether (sulfide) groups is 1. The van der Waals surface area contributed by atoms with E-state index in [0.717, 1.165) is 11.6 Å². The molecule has 0 saturated heterocycles. The van der Waals surface area contributed by atoms with Gasteiger partial charge in [0.1, 0.15) is 5.78 Å². The summed E-state index contributed by atoms with van der Waals surface area (Å²) in [6, 6.07) is 0. The molecule has 0 saturated carbocycles. The van der Waals surface area contributed by atoms with Crippen molar-refractivity contribution in [2.75, 3.05) is 5.75 Å². The van der Waals surface area contributed by atoms with Crippen LogP contribution < -0.4 is 0 Å². The Balaban J connectivity index is 2.35. The first-order valence-electron chi connectivity index (χ1n) is 4.36. The van der Waals surface area contributed by atoms with Gasteiger partial charge in [-0.3, -0.25) is 4.79 Å². The molecule has 0 fully saturated rings. The third-order valence-corrected chi connectivity index (χ3v) is 2.79. The molecule has 0 N–H and O–H groups in total. The Kier molecular flexibility index (Phi) is 4.02. The van der Waals surface area contributed by atoms with Crippen LogP contribution in [-0.2, 0) is 11.8 Å². The van der Waals surface area contributed by atoms with E-state index >= 15 is 0 Å². The van der Waals surface area contributed by atoms with Crippen LogP contribution in [0.15, 0.2) is 17.6 Å². The van der Waals surface area contributed by atoms with Gasteiger partial charge in [-0.15, -0.1) is 0 Å². The van der Waals surface area contributed by atoms with Gasteiger partial charge in [-0.1, -0.05) is 18.7 Å². The predicted octanol–water partition coefficient (Wildman–Crippen LogP) is 1.88. The van der Waals surface area contributed by atoms with E-state index in [2.05, 4.69) is 4.98 Å². The Morgan fingerprint density at radius 2 is 2.46 bits per heavy atom. The lowest BCUT2D eigenvalue weighted by atomic mass is 10.3. The van der Waals surface area contributed by atoms with Gasteiger partial charge in [0.15, 0.2) is 5.16 Å². The SMILES string of the molecule is CCCC(=O)CSc1nccn1C. The van der Waals surface area contributed by atoms with Crippen molar-refractivity contribution in [3.63, 3.8) is 0 Å². The number of carbonyl (C=O) groups excluding carboxylic acids is 1. The number of hydrogen-bond donors (Lipinski definition) is 0. The molecule has 0 amide bonds. The molecule has 0 aliphatic rings. The van der Waals surface area contributed by atoms with Gasteiger partial charge in [0.2, 0.25) is 0 Å². The Morgan fingerprint density at radius 3 is 3.00 bits per heavy atom. The maximum absolute atomic E-state index is 11.2. The average Bonchev–Trinajstić information content (AvgIpc) is 2.48. The summed E-state index contributed by atoms with van der Waals surface area (Å²) in [6.07, 6.45) is 5.23. The second kappa shape index (κ2) is 5.07. The van der Waals surface area contributed by atoms with E-state index in [-0.39, 0.29) is 0 Å². The lowest BCUT2D eigenvalue weighted by Crippen LogP contribution is -2.01. The highest BCUT2D eigenvalue weighted by Crippen LogP contribution is 2.14. The zero-order valence-electron chi connectivity index (χ0n) is 7.99. The molecule has 1 aromatic heterocycles. The Hall–Kier alpha value is -0.770. The summed E-state index contributed by atoms with van der Waals surface area (Å²) in [4.78, 5) is 15.3. The first kappa shape index (κ1) is 10.3. The van der Waals surface area contributed by atoms with Crippen molar-refractivity contribution in [2.24, 2.45) is 7.05 Å². The van der Waals surface area contributed by atoms with Gasteiger partial charge >= 0.3 is 0 Å². The van der Waals surface area contributed by atoms with Crippen molar-refractivity contribution in [3.05, 3.63) is 12.4 Å². The largest absolute Gasteiger partial charge is 0.329 e. The number of carbonyl (C=O) groups is 1. The topological polar surface area (TPSA) is 34.9 Å². The minimum atomic E-state index is 0.301. The van der Waals surface area contributed by atoms with Gasteiger partial charge in [-0.05, 0) is 6.42 Å². The van der Waals surface area contributed by atoms with E-state index in [1.807, 2.05) is 24.7 Å². The summed E-state index contributed by atoms with van der Waals surface area (Å²) in [7, 11) is 1.93. The highest BCUT2D eigenvalue weighted by atomic mass is 32.2. The number of aryl methyl sites for hydroxylation is 1. The van der Waals surface area contributed by atoms with Crippen molar-refractivity contribution < 1.29 is 4.79 Å². The van der Waals surface area contributed by atoms with Crippen LogP contribution in [0.4, 0.5) is 0 Å². The van der Waals surface area contributed by atoms with Crippen LogP contribution >= 0.6 is 11.8 Å². The number of imidazole rings is 1. The summed E-state index contributed by atoms with van der Waals surface area (Å²) in [5, 5.41) is 0.907. The number of rotatable bonds is 5. The van der Waals surface area contributed by atoms with Crippen LogP contribution in [-0.4, -0.2) is 21.1 Å². The Morgan fingerprint density at radius 1 is 1.69 bits per heavy atom. The van der Waals surface area contributed by atoms with Crippen LogP contribution in [0.3, 0.4) is 0 Å². The number of hydrogen-bond acceptors (Lipinski definition) is 3. The van der Waals surface area contributed by atoms with Crippen molar-refractivity contribution in [1.82, 2.24) is 9.55 Å². The fourth-order valence-electron chi connectivity index (χ4n) is 0.987. The second-order valence-electron chi connectivity index (χ2n) is 2.90. The van der Waals surface area contributed by atoms with Gasteiger partial charge in [-0.25, -0.2) is 4.98 Å². The third-order valence-electron chi connectivity index (χ3n) is 1.67. The highest BCUT2D eigenvalue weighted by molar-refractivity contribution is 7.99. The molecular weight excluding hydrogens is 184 g/mol. The first-order chi connectivity index (χ1) is 6.24. The molecule has 1 heterocycles. The number of nitrogens with zero attached hydrogens (tertiary/aromatic N) is 2. The summed E-state index contributed by atoms with van der Waals surface area (Å²) in [5.41, 5.74) is 0. The smallest absolute Gasteiger partial charge is 0.168 e. The fourth-order valence-corrected chi connectivity index (χ4v) is 1.82. The summed E-state index contributed by atoms with van der Waals surface area (Å²) < 4.78 is 1.92. The van der Waals surface area contributed by atoms with Gasteiger partial charge in [-0.2, -0.15) is 0 Å². The minimum absolute atomic E-state index is 0.301. The predicted molar refractivity (Wildman–Crippen MR) is 53.8 cm³/mol. The molecule has 0 bridgehead atoms. The molecule has 72 valence electrons. The molecule has 0 aromatic carbocycles. The Bertz CT molecular complexity index is 283. The molecule has 0 radical (unpaired) electrons. The number of ketones is 1. The van der Waals surface area contributed by atoms with E-state index in [4.69, 9.17) is 0 Å². The van der Waals surface area contributed by atoms with Crippen LogP contribution in [0, 0.1) is 0 Å². The lowest BCUT2D eigenvalue weighted by molar-refractivity contribution is -0.116. The van der Waals surface area contributed by atoms with Gasteiger partial charge in [0.05, 0.1) is 5.75 Å². The molecule has 0 spiro atoms. The molecule has 1 aromatic rings. The van der Waals surface area contributed by atoms with Gasteiger partial charge < -0.3 is 4.57 Å². The molecular formula is C9H14N2OS. The van der Waals surface area contributed by atoms with Crippen molar-refractivity contribution in [3.8, 4) is 0 Å². The van der Waals surface area contributed by atoms with Crippen molar-refractivity contribution in [2.45, 2.75) is 24.9 Å². The molecule has 1 rings (SSSR count). The standard InChI is InChI=1S/C9H14N2OS/c1-3-4-8(12)7-13-9-10-5-6-11(9)2/h5-6H,3-4,7H2,1-2H3. The molecule has 3 nitrogen and oxygen atoms in total. The van der Waals surface area contributed by atoms with E-state index in [9.17, 15) is 4.79 Å². The van der Waals surface area contributed by atoms with Gasteiger partial charge in [0, 0.05) is 25.9 Å². The number of aromatic nitrogens is 2. The molecule has 13 heavy (non-hydrogen) atoms. The molecule has 0 unspecified atom stereocenters. The zero-order valence-corrected chi connectivity index (χ0v) is 8.80. The highest BCUT2D eigenvalue weighted by Gasteiger charge is 2.04. The van der Waals surface area contributed by atoms with Crippen LogP contribution in [0.25, 0.3) is 0 Å². The van der Waals surface area contributed by atoms with E-state index in [0.29, 0.717) is 18.0 Å². The maximum atomic E-state index is 11.2. The molecule has 0 aliphatic heterocycles. The van der Waals surface area contributed by atoms with E-state index in [1.54, 1.807) is 6.20 Å². The van der Waals surface area contributed by atoms with Crippen molar-refractivity contribution in [1.29, 1.82) is 0 Å². The van der Waals surface area contributed by atoms with Gasteiger partial charge in [0.25, 0.3) is 0 Å². The summed E-state index contributed by atoms with van der Waals surface area (Å²) in [6.45, 7) is 2.02. The molecule has 0 atom stereocenters. The minimum Gasteiger partial charge on any atom is -0.329 e. The van der Waals surface area contributed by atoms with Crippen LogP contribution in [0.2, 0.25) is 0 Å². The molecule has 4 heteroatoms. The van der Waals surface area contributed by atoms with Crippen molar-refractivity contribution >= 4 is 17.5 Å². The third kappa shape index (κ3) is 3.22. The van der Waals surface area contributed by atoms with Crippen LogP contribution in [0.1, 0.15) is 19.8 Å². The molecule has 0 aliphatic carbocycles. The average molecular weight is 198 g/mol. The normalized spacial score (nSPS) is 10.3. The lowest BCUT2D eigenvalue weighted by Gasteiger charge is -1.99. The van der Waals surface area contributed by atoms with E-state index < -0.39 is 0 Å². The van der Waals surface area contributed by atoms with Crippen LogP contribution in [0.5, 0.6) is 0 Å². The van der Waals surface area contributed by atoms with E-state index in [1.165, 1.54) is 11.8 Å². The maximum Gasteiger partial charge on any atom is 0.168 e. The quantitative estimate of drug-likeness (QED) is 0.678. The monoisotopic (exact) mass is 198 g/mol.